The van der Waals surface area contributed by atoms with E-state index in [1.807, 2.05) is 0 Å². The highest BCUT2D eigenvalue weighted by Crippen LogP contribution is 2.15. The molecule has 0 aliphatic heterocycles. The van der Waals surface area contributed by atoms with Gasteiger partial charge >= 0.3 is 17.9 Å². The third-order valence-electron chi connectivity index (χ3n) is 10.6. The molecule has 0 saturated carbocycles. The van der Waals surface area contributed by atoms with E-state index in [9.17, 15) is 14.4 Å². The van der Waals surface area contributed by atoms with Crippen molar-refractivity contribution in [2.75, 3.05) is 13.2 Å². The summed E-state index contributed by atoms with van der Waals surface area (Å²) in [5.74, 6) is -0.920. The molecule has 0 rings (SSSR count). The zero-order valence-electron chi connectivity index (χ0n) is 38.3. The molecule has 0 aromatic carbocycles. The van der Waals surface area contributed by atoms with Crippen LogP contribution in [0.4, 0.5) is 0 Å². The van der Waals surface area contributed by atoms with Gasteiger partial charge in [-0.2, -0.15) is 0 Å². The molecule has 0 heterocycles. The van der Waals surface area contributed by atoms with Gasteiger partial charge in [-0.1, -0.05) is 204 Å². The lowest BCUT2D eigenvalue weighted by atomic mass is 10.0. The molecule has 0 aromatic rings. The van der Waals surface area contributed by atoms with E-state index in [1.165, 1.54) is 128 Å². The molecule has 0 aliphatic rings. The maximum Gasteiger partial charge on any atom is 0.306 e. The Kier molecular flexibility index (Phi) is 44.9. The molecule has 336 valence electrons. The Morgan fingerprint density at radius 1 is 0.362 bits per heavy atom. The van der Waals surface area contributed by atoms with Crippen LogP contribution in [0.25, 0.3) is 0 Å². The Morgan fingerprint density at radius 3 is 1.16 bits per heavy atom. The van der Waals surface area contributed by atoms with Gasteiger partial charge in [-0.3, -0.25) is 14.4 Å². The Morgan fingerprint density at radius 2 is 0.690 bits per heavy atom. The normalized spacial score (nSPS) is 12.4. The van der Waals surface area contributed by atoms with Crippen molar-refractivity contribution in [3.05, 3.63) is 48.6 Å². The van der Waals surface area contributed by atoms with Gasteiger partial charge in [-0.05, 0) is 70.6 Å². The zero-order chi connectivity index (χ0) is 42.3. The van der Waals surface area contributed by atoms with Gasteiger partial charge in [0.25, 0.3) is 0 Å². The molecule has 0 fully saturated rings. The Bertz CT molecular complexity index is 1030. The van der Waals surface area contributed by atoms with Crippen molar-refractivity contribution in [1.82, 2.24) is 0 Å². The zero-order valence-corrected chi connectivity index (χ0v) is 38.3. The van der Waals surface area contributed by atoms with E-state index in [-0.39, 0.29) is 31.1 Å². The molecule has 6 heteroatoms. The highest BCUT2D eigenvalue weighted by Gasteiger charge is 2.19. The quantitative estimate of drug-likeness (QED) is 0.0264. The molecule has 6 nitrogen and oxygen atoms in total. The van der Waals surface area contributed by atoms with Crippen molar-refractivity contribution in [3.8, 4) is 0 Å². The maximum atomic E-state index is 12.7. The SMILES string of the molecule is CC/C=C\C/C=C\C/C=C\CCCCCCCCCCCC(=O)OCC(COC(=O)CCC/C=C\CCCCCC)OC(=O)CCCCCCCCCCCCCC. The number of esters is 3. The maximum absolute atomic E-state index is 12.7. The average molecular weight is 813 g/mol. The summed E-state index contributed by atoms with van der Waals surface area (Å²) in [6.07, 6.45) is 55.3. The number of allylic oxidation sites excluding steroid dienone is 8. The van der Waals surface area contributed by atoms with Crippen LogP contribution >= 0.6 is 0 Å². The van der Waals surface area contributed by atoms with Gasteiger partial charge in [0, 0.05) is 19.3 Å². The first-order chi connectivity index (χ1) is 28.5. The lowest BCUT2D eigenvalue weighted by molar-refractivity contribution is -0.167. The van der Waals surface area contributed by atoms with Gasteiger partial charge in [-0.15, -0.1) is 0 Å². The van der Waals surface area contributed by atoms with Gasteiger partial charge in [-0.25, -0.2) is 0 Å². The number of ether oxygens (including phenoxy) is 3. The smallest absolute Gasteiger partial charge is 0.306 e. The van der Waals surface area contributed by atoms with Gasteiger partial charge in [0.2, 0.25) is 0 Å². The topological polar surface area (TPSA) is 78.9 Å². The van der Waals surface area contributed by atoms with Crippen LogP contribution < -0.4 is 0 Å². The molecule has 0 saturated heterocycles. The summed E-state index contributed by atoms with van der Waals surface area (Å²) in [5.41, 5.74) is 0. The van der Waals surface area contributed by atoms with Gasteiger partial charge in [0.05, 0.1) is 0 Å². The number of carbonyl (C=O) groups is 3. The fraction of sp³-hybridized carbons (Fsp3) is 0.788. The third-order valence-corrected chi connectivity index (χ3v) is 10.6. The van der Waals surface area contributed by atoms with Gasteiger partial charge in [0.1, 0.15) is 13.2 Å². The number of hydrogen-bond donors (Lipinski definition) is 0. The highest BCUT2D eigenvalue weighted by molar-refractivity contribution is 5.71. The van der Waals surface area contributed by atoms with Gasteiger partial charge in [0.15, 0.2) is 6.10 Å². The largest absolute Gasteiger partial charge is 0.462 e. The second-order valence-corrected chi connectivity index (χ2v) is 16.3. The molecular formula is C52H92O6. The molecule has 0 N–H and O–H groups in total. The summed E-state index contributed by atoms with van der Waals surface area (Å²) >= 11 is 0. The summed E-state index contributed by atoms with van der Waals surface area (Å²) in [6, 6.07) is 0. The Labute approximate surface area is 358 Å². The summed E-state index contributed by atoms with van der Waals surface area (Å²) in [7, 11) is 0. The molecule has 1 atom stereocenters. The van der Waals surface area contributed by atoms with Crippen molar-refractivity contribution in [3.63, 3.8) is 0 Å². The van der Waals surface area contributed by atoms with E-state index in [0.717, 1.165) is 77.0 Å². The molecule has 0 radical (unpaired) electrons. The molecule has 1 unspecified atom stereocenters. The predicted octanol–water partition coefficient (Wildman–Crippen LogP) is 15.9. The van der Waals surface area contributed by atoms with Crippen LogP contribution in [0, 0.1) is 0 Å². The first kappa shape index (κ1) is 55.4. The van der Waals surface area contributed by atoms with Crippen LogP contribution in [0.1, 0.15) is 245 Å². The van der Waals surface area contributed by atoms with Crippen molar-refractivity contribution >= 4 is 17.9 Å². The van der Waals surface area contributed by atoms with E-state index in [0.29, 0.717) is 19.3 Å². The third kappa shape index (κ3) is 44.5. The summed E-state index contributed by atoms with van der Waals surface area (Å²) in [4.78, 5) is 37.8. The minimum absolute atomic E-state index is 0.0825. The van der Waals surface area contributed by atoms with E-state index in [4.69, 9.17) is 14.2 Å². The standard InChI is InChI=1S/C52H92O6/c1-4-7-10-13-16-19-21-23-24-25-26-27-28-29-31-33-36-39-42-45-51(54)57-48-49(47-56-50(53)44-41-38-35-32-18-15-12-9-6-3)58-52(55)46-43-40-37-34-30-22-20-17-14-11-8-5-2/h7,10,16,19,23-24,32,35,49H,4-6,8-9,11-15,17-18,20-22,25-31,33-34,36-48H2,1-3H3/b10-7-,19-16-,24-23-,35-32-. The average Bonchev–Trinajstić information content (AvgIpc) is 3.22. The summed E-state index contributed by atoms with van der Waals surface area (Å²) in [6.45, 7) is 6.47. The van der Waals surface area contributed by atoms with Crippen LogP contribution in [0.15, 0.2) is 48.6 Å². The Balaban J connectivity index is 4.30. The Hall–Kier alpha value is -2.63. The second kappa shape index (κ2) is 47.1. The van der Waals surface area contributed by atoms with E-state index < -0.39 is 6.10 Å². The van der Waals surface area contributed by atoms with Crippen molar-refractivity contribution in [1.29, 1.82) is 0 Å². The van der Waals surface area contributed by atoms with Crippen molar-refractivity contribution < 1.29 is 28.6 Å². The number of hydrogen-bond acceptors (Lipinski definition) is 6. The van der Waals surface area contributed by atoms with Crippen molar-refractivity contribution in [2.45, 2.75) is 252 Å². The van der Waals surface area contributed by atoms with E-state index >= 15 is 0 Å². The minimum atomic E-state index is -0.781. The van der Waals surface area contributed by atoms with Crippen LogP contribution in [-0.4, -0.2) is 37.2 Å². The van der Waals surface area contributed by atoms with Crippen LogP contribution in [0.5, 0.6) is 0 Å². The highest BCUT2D eigenvalue weighted by atomic mass is 16.6. The first-order valence-corrected chi connectivity index (χ1v) is 24.6. The minimum Gasteiger partial charge on any atom is -0.462 e. The number of unbranched alkanes of at least 4 members (excludes halogenated alkanes) is 25. The molecule has 0 bridgehead atoms. The molecule has 0 aromatic heterocycles. The second-order valence-electron chi connectivity index (χ2n) is 16.3. The summed E-state index contributed by atoms with van der Waals surface area (Å²) in [5, 5.41) is 0. The lowest BCUT2D eigenvalue weighted by Gasteiger charge is -2.18. The molecule has 0 spiro atoms. The van der Waals surface area contributed by atoms with E-state index in [1.54, 1.807) is 0 Å². The fourth-order valence-corrected chi connectivity index (χ4v) is 6.87. The van der Waals surface area contributed by atoms with Gasteiger partial charge < -0.3 is 14.2 Å². The van der Waals surface area contributed by atoms with Crippen LogP contribution in [0.3, 0.4) is 0 Å². The van der Waals surface area contributed by atoms with Crippen molar-refractivity contribution in [2.24, 2.45) is 0 Å². The number of rotatable bonds is 44. The molecule has 58 heavy (non-hydrogen) atoms. The fourth-order valence-electron chi connectivity index (χ4n) is 6.87. The number of carbonyl (C=O) groups excluding carboxylic acids is 3. The first-order valence-electron chi connectivity index (χ1n) is 24.6. The molecule has 0 aliphatic carbocycles. The monoisotopic (exact) mass is 813 g/mol. The van der Waals surface area contributed by atoms with E-state index in [2.05, 4.69) is 69.4 Å². The molecule has 0 amide bonds. The predicted molar refractivity (Wildman–Crippen MR) is 247 cm³/mol. The van der Waals surface area contributed by atoms with Crippen LogP contribution in [0.2, 0.25) is 0 Å². The lowest BCUT2D eigenvalue weighted by Crippen LogP contribution is -2.30. The van der Waals surface area contributed by atoms with Crippen LogP contribution in [-0.2, 0) is 28.6 Å². The molecular weight excluding hydrogens is 721 g/mol. The summed E-state index contributed by atoms with van der Waals surface area (Å²) < 4.78 is 16.7.